The third-order valence-electron chi connectivity index (χ3n) is 5.86. The summed E-state index contributed by atoms with van der Waals surface area (Å²) in [7, 11) is 0. The highest BCUT2D eigenvalue weighted by Gasteiger charge is 2.40. The first-order chi connectivity index (χ1) is 21.8. The van der Waals surface area contributed by atoms with Gasteiger partial charge in [0.1, 0.15) is 23.0 Å². The van der Waals surface area contributed by atoms with Crippen LogP contribution in [-0.2, 0) is 12.4 Å². The minimum Gasteiger partial charge on any atom is -0.457 e. The number of nitro groups is 4. The summed E-state index contributed by atoms with van der Waals surface area (Å²) in [6, 6.07) is 9.60. The van der Waals surface area contributed by atoms with Crippen molar-refractivity contribution in [2.24, 2.45) is 0 Å². The summed E-state index contributed by atoms with van der Waals surface area (Å²) >= 11 is 0. The van der Waals surface area contributed by atoms with Gasteiger partial charge in [0.25, 0.3) is 11.5 Å². The van der Waals surface area contributed by atoms with E-state index in [-0.39, 0.29) is 47.3 Å². The first-order valence-corrected chi connectivity index (χ1v) is 12.2. The molecule has 0 fully saturated rings. The Morgan fingerprint density at radius 1 is 0.426 bits per heavy atom. The number of halogens is 6. The second-order valence-electron chi connectivity index (χ2n) is 8.96. The van der Waals surface area contributed by atoms with Gasteiger partial charge in [-0.05, 0) is 48.5 Å². The predicted octanol–water partition coefficient (Wildman–Crippen LogP) is 8.73. The van der Waals surface area contributed by atoms with Crippen LogP contribution in [0.1, 0.15) is 11.1 Å². The van der Waals surface area contributed by atoms with Gasteiger partial charge < -0.3 is 14.2 Å². The van der Waals surface area contributed by atoms with Crippen LogP contribution in [-0.4, -0.2) is 19.7 Å². The molecule has 0 aliphatic heterocycles. The minimum atomic E-state index is -5.13. The van der Waals surface area contributed by atoms with Crippen LogP contribution in [0.4, 0.5) is 49.1 Å². The summed E-state index contributed by atoms with van der Waals surface area (Å²) in [5, 5.41) is 45.6. The molecule has 0 atom stereocenters. The van der Waals surface area contributed by atoms with E-state index in [2.05, 4.69) is 0 Å². The van der Waals surface area contributed by atoms with E-state index in [9.17, 15) is 66.8 Å². The molecule has 0 amide bonds. The zero-order valence-corrected chi connectivity index (χ0v) is 22.5. The average molecular weight is 670 g/mol. The lowest BCUT2D eigenvalue weighted by molar-refractivity contribution is -0.396. The molecule has 47 heavy (non-hydrogen) atoms. The molecule has 244 valence electrons. The van der Waals surface area contributed by atoms with Crippen LogP contribution < -0.4 is 14.2 Å². The van der Waals surface area contributed by atoms with Crippen LogP contribution in [0.25, 0.3) is 0 Å². The van der Waals surface area contributed by atoms with Crippen molar-refractivity contribution < 1.29 is 60.2 Å². The van der Waals surface area contributed by atoms with Crippen LogP contribution in [0.2, 0.25) is 0 Å². The normalized spacial score (nSPS) is 11.4. The van der Waals surface area contributed by atoms with Gasteiger partial charge in [0.05, 0.1) is 30.8 Å². The lowest BCUT2D eigenvalue weighted by Crippen LogP contribution is -2.08. The van der Waals surface area contributed by atoms with Crippen molar-refractivity contribution in [3.05, 3.63) is 124 Å². The van der Waals surface area contributed by atoms with Crippen molar-refractivity contribution in [2.75, 3.05) is 0 Å². The number of nitrogens with zero attached hydrogens (tertiary/aromatic N) is 4. The third-order valence-corrected chi connectivity index (χ3v) is 5.86. The van der Waals surface area contributed by atoms with E-state index in [0.717, 1.165) is 24.3 Å². The van der Waals surface area contributed by atoms with E-state index in [1.165, 1.54) is 24.3 Å². The van der Waals surface area contributed by atoms with Gasteiger partial charge in [-0.1, -0.05) is 0 Å². The quantitative estimate of drug-likeness (QED) is 0.0887. The van der Waals surface area contributed by atoms with Gasteiger partial charge in [0.2, 0.25) is 0 Å². The molecule has 0 heterocycles. The molecule has 0 N–H and O–H groups in total. The Hall–Kier alpha value is -6.54. The van der Waals surface area contributed by atoms with Crippen molar-refractivity contribution in [3.8, 4) is 34.5 Å². The smallest absolute Gasteiger partial charge is 0.416 e. The van der Waals surface area contributed by atoms with Crippen LogP contribution in [0.15, 0.2) is 72.8 Å². The highest BCUT2D eigenvalue weighted by molar-refractivity contribution is 5.65. The third kappa shape index (κ3) is 7.58. The fourth-order valence-electron chi connectivity index (χ4n) is 3.80. The Morgan fingerprint density at radius 2 is 0.638 bits per heavy atom. The standard InChI is InChI=1S/C26H12F6N4O11/c27-25(28,29)13-9-19(33(37)38)23(20(10-13)34(39)40)46-17-5-1-15(2-6-17)45-16-3-7-18(8-4-16)47-24-21(35(41)42)11-14(26(30,31)32)12-22(24)36(43)44/h1-12H. The van der Waals surface area contributed by atoms with Crippen molar-refractivity contribution in [1.29, 1.82) is 0 Å². The largest absolute Gasteiger partial charge is 0.457 e. The Kier molecular flexibility index (Phi) is 8.84. The molecule has 15 nitrogen and oxygen atoms in total. The molecule has 0 spiro atoms. The fourth-order valence-corrected chi connectivity index (χ4v) is 3.80. The molecule has 0 aromatic heterocycles. The molecule has 0 radical (unpaired) electrons. The Balaban J connectivity index is 1.55. The zero-order valence-electron chi connectivity index (χ0n) is 22.5. The second-order valence-corrected chi connectivity index (χ2v) is 8.96. The maximum Gasteiger partial charge on any atom is 0.416 e. The van der Waals surface area contributed by atoms with E-state index in [1.807, 2.05) is 0 Å². The van der Waals surface area contributed by atoms with Crippen LogP contribution >= 0.6 is 0 Å². The summed E-state index contributed by atoms with van der Waals surface area (Å²) < 4.78 is 94.7. The molecule has 0 bridgehead atoms. The van der Waals surface area contributed by atoms with E-state index in [4.69, 9.17) is 14.2 Å². The SMILES string of the molecule is O=[N+]([O-])c1cc(C(F)(F)F)cc([N+](=O)[O-])c1Oc1ccc(Oc2ccc(Oc3c([N+](=O)[O-])cc(C(F)(F)F)cc3[N+](=O)[O-])cc2)cc1. The predicted molar refractivity (Wildman–Crippen MR) is 143 cm³/mol. The topological polar surface area (TPSA) is 200 Å². The van der Waals surface area contributed by atoms with Gasteiger partial charge in [-0.25, -0.2) is 0 Å². The highest BCUT2D eigenvalue weighted by Crippen LogP contribution is 2.46. The van der Waals surface area contributed by atoms with E-state index in [0.29, 0.717) is 0 Å². The second kappa shape index (κ2) is 12.5. The number of rotatable bonds is 10. The van der Waals surface area contributed by atoms with Gasteiger partial charge in [-0.2, -0.15) is 26.3 Å². The molecule has 0 saturated heterocycles. The molecular weight excluding hydrogens is 658 g/mol. The fraction of sp³-hybridized carbons (Fsp3) is 0.0769. The summed E-state index contributed by atoms with van der Waals surface area (Å²) in [6.07, 6.45) is -10.3. The number of benzene rings is 4. The zero-order chi connectivity index (χ0) is 34.8. The number of nitro benzene ring substituents is 4. The highest BCUT2D eigenvalue weighted by atomic mass is 19.4. The lowest BCUT2D eigenvalue weighted by atomic mass is 10.1. The Labute approximate surface area is 254 Å². The van der Waals surface area contributed by atoms with Crippen molar-refractivity contribution in [3.63, 3.8) is 0 Å². The van der Waals surface area contributed by atoms with Gasteiger partial charge in [0.15, 0.2) is 0 Å². The molecule has 0 aliphatic rings. The van der Waals surface area contributed by atoms with Gasteiger partial charge in [-0.15, -0.1) is 0 Å². The number of alkyl halides is 6. The first kappa shape index (κ1) is 33.4. The maximum absolute atomic E-state index is 13.1. The first-order valence-electron chi connectivity index (χ1n) is 12.2. The van der Waals surface area contributed by atoms with Crippen molar-refractivity contribution in [2.45, 2.75) is 12.4 Å². The summed E-state index contributed by atoms with van der Waals surface area (Å²) in [5.74, 6) is -2.57. The summed E-state index contributed by atoms with van der Waals surface area (Å²) in [4.78, 5) is 40.5. The average Bonchev–Trinajstić information content (AvgIpc) is 2.97. The van der Waals surface area contributed by atoms with Crippen LogP contribution in [0.3, 0.4) is 0 Å². The van der Waals surface area contributed by atoms with Crippen molar-refractivity contribution in [1.82, 2.24) is 0 Å². The molecule has 21 heteroatoms. The van der Waals surface area contributed by atoms with Gasteiger partial charge >= 0.3 is 35.1 Å². The van der Waals surface area contributed by atoms with Gasteiger partial charge in [0, 0.05) is 24.3 Å². The Bertz CT molecular complexity index is 1690. The van der Waals surface area contributed by atoms with Crippen LogP contribution in [0.5, 0.6) is 34.5 Å². The summed E-state index contributed by atoms with van der Waals surface area (Å²) in [6.45, 7) is 0. The number of hydrogen-bond donors (Lipinski definition) is 0. The lowest BCUT2D eigenvalue weighted by Gasteiger charge is -2.12. The molecular formula is C26H12F6N4O11. The Morgan fingerprint density at radius 3 is 0.830 bits per heavy atom. The van der Waals surface area contributed by atoms with E-state index in [1.54, 1.807) is 0 Å². The number of hydrogen-bond acceptors (Lipinski definition) is 11. The molecule has 0 saturated carbocycles. The monoisotopic (exact) mass is 670 g/mol. The van der Waals surface area contributed by atoms with E-state index >= 15 is 0 Å². The maximum atomic E-state index is 13.1. The van der Waals surface area contributed by atoms with Crippen molar-refractivity contribution >= 4 is 22.7 Å². The molecule has 0 unspecified atom stereocenters. The number of ether oxygens (including phenoxy) is 3. The molecule has 0 aliphatic carbocycles. The van der Waals surface area contributed by atoms with E-state index < -0.39 is 77.4 Å². The molecule has 4 aromatic rings. The molecule has 4 rings (SSSR count). The van der Waals surface area contributed by atoms with Gasteiger partial charge in [-0.3, -0.25) is 40.5 Å². The summed E-state index contributed by atoms with van der Waals surface area (Å²) in [5.41, 5.74) is -8.55. The molecule has 4 aromatic carbocycles. The minimum absolute atomic E-state index is 0.0523. The van der Waals surface area contributed by atoms with Crippen LogP contribution in [0, 0.1) is 40.5 Å².